The summed E-state index contributed by atoms with van der Waals surface area (Å²) < 4.78 is 39.2. The summed E-state index contributed by atoms with van der Waals surface area (Å²) in [5.41, 5.74) is 0.827. The van der Waals surface area contributed by atoms with Gasteiger partial charge in [-0.3, -0.25) is 4.79 Å². The minimum Gasteiger partial charge on any atom is -0.354 e. The fraction of sp³-hybridized carbons (Fsp3) is 0.143. The molecule has 1 heterocycles. The van der Waals surface area contributed by atoms with Gasteiger partial charge in [0, 0.05) is 6.54 Å². The maximum Gasteiger partial charge on any atom is 0.418 e. The molecule has 3 rings (SSSR count). The first-order valence-electron chi connectivity index (χ1n) is 8.65. The molecule has 0 aliphatic heterocycles. The van der Waals surface area contributed by atoms with Crippen LogP contribution < -0.4 is 10.6 Å². The van der Waals surface area contributed by atoms with Gasteiger partial charge in [-0.25, -0.2) is 4.98 Å². The number of carbonyl (C=O) groups is 1. The maximum absolute atomic E-state index is 13.1. The number of carbonyl (C=O) groups excluding carboxylic acids is 1. The number of amides is 1. The lowest BCUT2D eigenvalue weighted by Crippen LogP contribution is -2.26. The number of alkyl halides is 3. The third kappa shape index (κ3) is 5.09. The largest absolute Gasteiger partial charge is 0.418 e. The van der Waals surface area contributed by atoms with E-state index < -0.39 is 11.7 Å². The van der Waals surface area contributed by atoms with Gasteiger partial charge in [-0.05, 0) is 36.2 Å². The van der Waals surface area contributed by atoms with Crippen molar-refractivity contribution in [2.24, 2.45) is 0 Å². The van der Waals surface area contributed by atoms with Crippen molar-refractivity contribution in [2.45, 2.75) is 12.6 Å². The molecule has 0 fully saturated rings. The fourth-order valence-electron chi connectivity index (χ4n) is 2.65. The van der Waals surface area contributed by atoms with E-state index in [2.05, 4.69) is 15.6 Å². The molecule has 2 N–H and O–H groups in total. The lowest BCUT2D eigenvalue weighted by Gasteiger charge is -2.14. The molecule has 0 saturated heterocycles. The molecule has 1 amide bonds. The van der Waals surface area contributed by atoms with E-state index in [1.54, 1.807) is 0 Å². The van der Waals surface area contributed by atoms with E-state index in [1.807, 2.05) is 30.3 Å². The van der Waals surface area contributed by atoms with Crippen LogP contribution in [0.15, 0.2) is 72.9 Å². The molecule has 28 heavy (non-hydrogen) atoms. The fourth-order valence-corrected chi connectivity index (χ4v) is 2.65. The molecule has 3 aromatic rings. The summed E-state index contributed by atoms with van der Waals surface area (Å²) in [5, 5.41) is 5.47. The highest BCUT2D eigenvalue weighted by atomic mass is 19.4. The average Bonchev–Trinajstić information content (AvgIpc) is 2.69. The zero-order chi connectivity index (χ0) is 20.0. The number of pyridine rings is 1. The second kappa shape index (κ2) is 8.56. The Morgan fingerprint density at radius 1 is 0.929 bits per heavy atom. The van der Waals surface area contributed by atoms with Crippen LogP contribution in [0.5, 0.6) is 0 Å². The Morgan fingerprint density at radius 3 is 2.32 bits per heavy atom. The van der Waals surface area contributed by atoms with Crippen LogP contribution in [-0.2, 0) is 12.6 Å². The van der Waals surface area contributed by atoms with Crippen LogP contribution in [-0.4, -0.2) is 17.4 Å². The van der Waals surface area contributed by atoms with Gasteiger partial charge in [-0.2, -0.15) is 13.2 Å². The third-order valence-corrected chi connectivity index (χ3v) is 4.05. The molecule has 0 bridgehead atoms. The Balaban J connectivity index is 1.60. The first-order chi connectivity index (χ1) is 13.4. The van der Waals surface area contributed by atoms with E-state index in [0.29, 0.717) is 18.7 Å². The van der Waals surface area contributed by atoms with Crippen LogP contribution in [0.2, 0.25) is 0 Å². The lowest BCUT2D eigenvalue weighted by atomic mass is 10.1. The van der Waals surface area contributed by atoms with Crippen molar-refractivity contribution in [3.05, 3.63) is 89.7 Å². The van der Waals surface area contributed by atoms with Gasteiger partial charge in [0.25, 0.3) is 5.91 Å². The highest BCUT2D eigenvalue weighted by Crippen LogP contribution is 2.35. The van der Waals surface area contributed by atoms with Crippen LogP contribution in [0, 0.1) is 0 Å². The van der Waals surface area contributed by atoms with Crippen LogP contribution in [0.3, 0.4) is 0 Å². The predicted octanol–water partition coefficient (Wildman–Crippen LogP) is 4.82. The predicted molar refractivity (Wildman–Crippen MR) is 101 cm³/mol. The van der Waals surface area contributed by atoms with Gasteiger partial charge in [0.15, 0.2) is 0 Å². The Hall–Kier alpha value is -3.35. The molecular formula is C21H18F3N3O. The van der Waals surface area contributed by atoms with Crippen molar-refractivity contribution in [1.29, 1.82) is 0 Å². The van der Waals surface area contributed by atoms with Gasteiger partial charge in [-0.15, -0.1) is 0 Å². The lowest BCUT2D eigenvalue weighted by molar-refractivity contribution is -0.136. The number of rotatable bonds is 6. The second-order valence-electron chi connectivity index (χ2n) is 6.09. The normalized spacial score (nSPS) is 11.1. The average molecular weight is 385 g/mol. The van der Waals surface area contributed by atoms with Gasteiger partial charge in [0.1, 0.15) is 5.69 Å². The van der Waals surface area contributed by atoms with Gasteiger partial charge >= 0.3 is 6.18 Å². The summed E-state index contributed by atoms with van der Waals surface area (Å²) in [5.74, 6) is -0.335. The van der Waals surface area contributed by atoms with Gasteiger partial charge < -0.3 is 10.6 Å². The highest BCUT2D eigenvalue weighted by Gasteiger charge is 2.33. The minimum atomic E-state index is -4.46. The summed E-state index contributed by atoms with van der Waals surface area (Å²) in [4.78, 5) is 16.2. The van der Waals surface area contributed by atoms with Gasteiger partial charge in [0.05, 0.1) is 23.1 Å². The molecular weight excluding hydrogens is 367 g/mol. The quantitative estimate of drug-likeness (QED) is 0.640. The summed E-state index contributed by atoms with van der Waals surface area (Å²) in [7, 11) is 0. The number of halogens is 3. The van der Waals surface area contributed by atoms with E-state index in [4.69, 9.17) is 0 Å². The van der Waals surface area contributed by atoms with E-state index in [9.17, 15) is 18.0 Å². The standard InChI is InChI=1S/C21H18F3N3O/c22-21(23,24)17-8-4-5-9-18(17)27-16-10-11-19(26-14-16)20(28)25-13-12-15-6-2-1-3-7-15/h1-11,14,27H,12-13H2,(H,25,28). The molecule has 0 aliphatic rings. The van der Waals surface area contributed by atoms with E-state index in [0.717, 1.165) is 11.6 Å². The van der Waals surface area contributed by atoms with E-state index in [-0.39, 0.29) is 17.3 Å². The highest BCUT2D eigenvalue weighted by molar-refractivity contribution is 5.92. The van der Waals surface area contributed by atoms with Crippen LogP contribution in [0.25, 0.3) is 0 Å². The molecule has 144 valence electrons. The summed E-state index contributed by atoms with van der Waals surface area (Å²) in [6, 6.07) is 17.9. The molecule has 4 nitrogen and oxygen atoms in total. The van der Waals surface area contributed by atoms with Crippen molar-refractivity contribution in [2.75, 3.05) is 11.9 Å². The molecule has 0 saturated carbocycles. The Labute approximate surface area is 160 Å². The topological polar surface area (TPSA) is 54.0 Å². The molecule has 7 heteroatoms. The van der Waals surface area contributed by atoms with Crippen molar-refractivity contribution in [1.82, 2.24) is 10.3 Å². The smallest absolute Gasteiger partial charge is 0.354 e. The summed E-state index contributed by atoms with van der Waals surface area (Å²) in [6.45, 7) is 0.462. The number of nitrogens with one attached hydrogen (secondary N) is 2. The second-order valence-corrected chi connectivity index (χ2v) is 6.09. The number of hydrogen-bond acceptors (Lipinski definition) is 3. The molecule has 0 spiro atoms. The van der Waals surface area contributed by atoms with E-state index in [1.165, 1.54) is 36.5 Å². The number of anilines is 2. The molecule has 0 atom stereocenters. The monoisotopic (exact) mass is 385 g/mol. The number of aromatic nitrogens is 1. The molecule has 1 aromatic heterocycles. The van der Waals surface area contributed by atoms with E-state index >= 15 is 0 Å². The summed E-state index contributed by atoms with van der Waals surface area (Å²) >= 11 is 0. The molecule has 0 unspecified atom stereocenters. The van der Waals surface area contributed by atoms with Crippen molar-refractivity contribution >= 4 is 17.3 Å². The van der Waals surface area contributed by atoms with Gasteiger partial charge in [-0.1, -0.05) is 42.5 Å². The SMILES string of the molecule is O=C(NCCc1ccccc1)c1ccc(Nc2ccccc2C(F)(F)F)cn1. The Morgan fingerprint density at radius 2 is 1.64 bits per heavy atom. The van der Waals surface area contributed by atoms with Crippen LogP contribution in [0.1, 0.15) is 21.6 Å². The van der Waals surface area contributed by atoms with Crippen molar-refractivity contribution in [3.63, 3.8) is 0 Å². The van der Waals surface area contributed by atoms with Crippen molar-refractivity contribution in [3.8, 4) is 0 Å². The Bertz CT molecular complexity index is 926. The number of hydrogen-bond donors (Lipinski definition) is 2. The van der Waals surface area contributed by atoms with Crippen LogP contribution in [0.4, 0.5) is 24.5 Å². The third-order valence-electron chi connectivity index (χ3n) is 4.05. The molecule has 2 aromatic carbocycles. The first-order valence-corrected chi connectivity index (χ1v) is 8.65. The Kier molecular flexibility index (Phi) is 5.93. The van der Waals surface area contributed by atoms with Gasteiger partial charge in [0.2, 0.25) is 0 Å². The summed E-state index contributed by atoms with van der Waals surface area (Å²) in [6.07, 6.45) is -2.44. The number of para-hydroxylation sites is 1. The molecule has 0 radical (unpaired) electrons. The number of nitrogens with zero attached hydrogens (tertiary/aromatic N) is 1. The zero-order valence-electron chi connectivity index (χ0n) is 14.8. The van der Waals surface area contributed by atoms with Crippen molar-refractivity contribution < 1.29 is 18.0 Å². The zero-order valence-corrected chi connectivity index (χ0v) is 14.8. The number of benzene rings is 2. The maximum atomic E-state index is 13.1. The van der Waals surface area contributed by atoms with Crippen LogP contribution >= 0.6 is 0 Å². The molecule has 0 aliphatic carbocycles. The minimum absolute atomic E-state index is 0.0723. The first kappa shape index (κ1) is 19.4.